The van der Waals surface area contributed by atoms with Crippen molar-refractivity contribution < 1.29 is 14.4 Å². The third-order valence-electron chi connectivity index (χ3n) is 1.87. The number of imide groups is 1. The minimum Gasteiger partial charge on any atom is -0.368 e. The molecular weight excluding hydrogens is 174 g/mol. The van der Waals surface area contributed by atoms with E-state index < -0.39 is 17.9 Å². The van der Waals surface area contributed by atoms with Crippen LogP contribution in [0.1, 0.15) is 12.8 Å². The highest BCUT2D eigenvalue weighted by atomic mass is 16.2. The maximum absolute atomic E-state index is 11.2. The van der Waals surface area contributed by atoms with E-state index >= 15 is 0 Å². The van der Waals surface area contributed by atoms with Crippen LogP contribution in [-0.2, 0) is 14.4 Å². The number of primary amides is 1. The Labute approximate surface area is 74.8 Å². The van der Waals surface area contributed by atoms with Gasteiger partial charge in [-0.3, -0.25) is 19.3 Å². The molecule has 6 nitrogen and oxygen atoms in total. The van der Waals surface area contributed by atoms with Crippen molar-refractivity contribution in [3.05, 3.63) is 0 Å². The molecule has 3 amide bonds. The Bertz CT molecular complexity index is 264. The Morgan fingerprint density at radius 1 is 1.54 bits per heavy atom. The van der Waals surface area contributed by atoms with E-state index in [0.29, 0.717) is 6.42 Å². The molecular formula is C7H11N3O3. The molecule has 0 aliphatic carbocycles. The Morgan fingerprint density at radius 3 is 2.69 bits per heavy atom. The van der Waals surface area contributed by atoms with Crippen molar-refractivity contribution in [3.63, 3.8) is 0 Å². The van der Waals surface area contributed by atoms with Gasteiger partial charge in [0.05, 0.1) is 6.04 Å². The number of rotatable bonds is 2. The molecule has 1 atom stereocenters. The quantitative estimate of drug-likeness (QED) is 0.483. The Morgan fingerprint density at radius 2 is 2.15 bits per heavy atom. The Balaban J connectivity index is 2.72. The molecule has 1 aliphatic rings. The average Bonchev–Trinajstić information content (AvgIpc) is 2.05. The van der Waals surface area contributed by atoms with Crippen LogP contribution in [0.5, 0.6) is 0 Å². The second-order valence-corrected chi connectivity index (χ2v) is 2.93. The normalized spacial score (nSPS) is 23.5. The van der Waals surface area contributed by atoms with Crippen LogP contribution < -0.4 is 11.5 Å². The van der Waals surface area contributed by atoms with Gasteiger partial charge in [0.15, 0.2) is 0 Å². The smallest absolute Gasteiger partial charge is 0.246 e. The van der Waals surface area contributed by atoms with Gasteiger partial charge in [0.2, 0.25) is 17.7 Å². The molecule has 0 saturated carbocycles. The lowest BCUT2D eigenvalue weighted by Gasteiger charge is -2.27. The minimum absolute atomic E-state index is 0.195. The fourth-order valence-corrected chi connectivity index (χ4v) is 1.18. The summed E-state index contributed by atoms with van der Waals surface area (Å²) in [6.07, 6.45) is 0.535. The number of nitrogens with two attached hydrogens (primary N) is 2. The van der Waals surface area contributed by atoms with E-state index in [0.717, 1.165) is 4.90 Å². The van der Waals surface area contributed by atoms with Gasteiger partial charge in [-0.2, -0.15) is 0 Å². The Hall–Kier alpha value is -1.43. The summed E-state index contributed by atoms with van der Waals surface area (Å²) in [5, 5.41) is 0. The van der Waals surface area contributed by atoms with Crippen LogP contribution in [-0.4, -0.2) is 35.2 Å². The van der Waals surface area contributed by atoms with Gasteiger partial charge in [-0.25, -0.2) is 0 Å². The number of likely N-dealkylation sites (tertiary alicyclic amines) is 1. The highest BCUT2D eigenvalue weighted by molar-refractivity contribution is 6.02. The number of carbonyl (C=O) groups is 3. The number of hydrogen-bond acceptors (Lipinski definition) is 4. The molecule has 13 heavy (non-hydrogen) atoms. The largest absolute Gasteiger partial charge is 0.368 e. The molecule has 1 fully saturated rings. The molecule has 0 aromatic carbocycles. The van der Waals surface area contributed by atoms with Crippen LogP contribution in [0.15, 0.2) is 0 Å². The zero-order chi connectivity index (χ0) is 10.0. The lowest BCUT2D eigenvalue weighted by Crippen LogP contribution is -2.53. The van der Waals surface area contributed by atoms with Crippen molar-refractivity contribution in [2.24, 2.45) is 11.5 Å². The van der Waals surface area contributed by atoms with Gasteiger partial charge in [0.1, 0.15) is 6.54 Å². The van der Waals surface area contributed by atoms with E-state index in [2.05, 4.69) is 0 Å². The molecule has 4 N–H and O–H groups in total. The summed E-state index contributed by atoms with van der Waals surface area (Å²) >= 11 is 0. The molecule has 0 aromatic heterocycles. The highest BCUT2D eigenvalue weighted by Crippen LogP contribution is 2.10. The van der Waals surface area contributed by atoms with Gasteiger partial charge in [-0.15, -0.1) is 0 Å². The lowest BCUT2D eigenvalue weighted by molar-refractivity contribution is -0.151. The molecule has 0 aromatic rings. The molecule has 1 rings (SSSR count). The number of piperidine rings is 1. The van der Waals surface area contributed by atoms with Gasteiger partial charge in [0, 0.05) is 6.42 Å². The minimum atomic E-state index is -0.712. The highest BCUT2D eigenvalue weighted by Gasteiger charge is 2.32. The molecule has 1 unspecified atom stereocenters. The molecule has 0 bridgehead atoms. The SMILES string of the molecule is NC(=O)CN1C(=O)CCC(N)C1=O. The second-order valence-electron chi connectivity index (χ2n) is 2.93. The summed E-state index contributed by atoms with van der Waals surface area (Å²) in [6, 6.07) is -0.683. The number of hydrogen-bond donors (Lipinski definition) is 2. The van der Waals surface area contributed by atoms with Crippen molar-refractivity contribution in [2.45, 2.75) is 18.9 Å². The zero-order valence-corrected chi connectivity index (χ0v) is 7.03. The fourth-order valence-electron chi connectivity index (χ4n) is 1.18. The average molecular weight is 185 g/mol. The van der Waals surface area contributed by atoms with Gasteiger partial charge in [-0.05, 0) is 6.42 Å². The maximum atomic E-state index is 11.2. The van der Waals surface area contributed by atoms with Gasteiger partial charge in [-0.1, -0.05) is 0 Å². The molecule has 72 valence electrons. The molecule has 1 saturated heterocycles. The van der Waals surface area contributed by atoms with Crippen molar-refractivity contribution >= 4 is 17.7 Å². The van der Waals surface area contributed by atoms with Crippen LogP contribution in [0, 0.1) is 0 Å². The maximum Gasteiger partial charge on any atom is 0.246 e. The summed E-state index contributed by atoms with van der Waals surface area (Å²) in [5.41, 5.74) is 10.3. The lowest BCUT2D eigenvalue weighted by atomic mass is 10.1. The van der Waals surface area contributed by atoms with Gasteiger partial charge >= 0.3 is 0 Å². The first-order chi connectivity index (χ1) is 6.02. The summed E-state index contributed by atoms with van der Waals surface area (Å²) < 4.78 is 0. The third kappa shape index (κ3) is 2.03. The summed E-state index contributed by atoms with van der Waals surface area (Å²) in [6.45, 7) is -0.370. The van der Waals surface area contributed by atoms with E-state index in [1.165, 1.54) is 0 Å². The summed E-state index contributed by atoms with van der Waals surface area (Å²) in [7, 11) is 0. The molecule has 0 radical (unpaired) electrons. The molecule has 1 heterocycles. The molecule has 6 heteroatoms. The van der Waals surface area contributed by atoms with E-state index in [1.807, 2.05) is 0 Å². The number of carbonyl (C=O) groups excluding carboxylic acids is 3. The fraction of sp³-hybridized carbons (Fsp3) is 0.571. The molecule has 1 aliphatic heterocycles. The van der Waals surface area contributed by atoms with Crippen molar-refractivity contribution in [1.82, 2.24) is 4.90 Å². The standard InChI is InChI=1S/C7H11N3O3/c8-4-1-2-6(12)10(7(4)13)3-5(9)11/h4H,1-3,8H2,(H2,9,11). The number of nitrogens with zero attached hydrogens (tertiary/aromatic N) is 1. The van der Waals surface area contributed by atoms with Crippen molar-refractivity contribution in [3.8, 4) is 0 Å². The van der Waals surface area contributed by atoms with Crippen LogP contribution in [0.2, 0.25) is 0 Å². The first-order valence-corrected chi connectivity index (χ1v) is 3.90. The van der Waals surface area contributed by atoms with Crippen LogP contribution >= 0.6 is 0 Å². The predicted molar refractivity (Wildman–Crippen MR) is 43.1 cm³/mol. The summed E-state index contributed by atoms with van der Waals surface area (Å²) in [4.78, 5) is 33.7. The molecule has 0 spiro atoms. The van der Waals surface area contributed by atoms with Crippen molar-refractivity contribution in [1.29, 1.82) is 0 Å². The van der Waals surface area contributed by atoms with Crippen LogP contribution in [0.4, 0.5) is 0 Å². The first kappa shape index (κ1) is 9.66. The Kier molecular flexibility index (Phi) is 2.62. The van der Waals surface area contributed by atoms with Gasteiger partial charge in [0.25, 0.3) is 0 Å². The second kappa shape index (κ2) is 3.53. The predicted octanol–water partition coefficient (Wildman–Crippen LogP) is -2.05. The van der Waals surface area contributed by atoms with Crippen molar-refractivity contribution in [2.75, 3.05) is 6.54 Å². The zero-order valence-electron chi connectivity index (χ0n) is 7.03. The van der Waals surface area contributed by atoms with E-state index in [9.17, 15) is 14.4 Å². The van der Waals surface area contributed by atoms with E-state index in [1.54, 1.807) is 0 Å². The third-order valence-corrected chi connectivity index (χ3v) is 1.87. The monoisotopic (exact) mass is 185 g/mol. The van der Waals surface area contributed by atoms with Gasteiger partial charge < -0.3 is 11.5 Å². The first-order valence-electron chi connectivity index (χ1n) is 3.90. The van der Waals surface area contributed by atoms with E-state index in [4.69, 9.17) is 11.5 Å². The van der Waals surface area contributed by atoms with Crippen LogP contribution in [0.3, 0.4) is 0 Å². The topological polar surface area (TPSA) is 106 Å². The van der Waals surface area contributed by atoms with E-state index in [-0.39, 0.29) is 18.9 Å². The number of amides is 3. The van der Waals surface area contributed by atoms with Crippen LogP contribution in [0.25, 0.3) is 0 Å². The summed E-state index contributed by atoms with van der Waals surface area (Å²) in [5.74, 6) is -1.61.